The lowest BCUT2D eigenvalue weighted by Gasteiger charge is -2.35. The SMILES string of the molecule is Cc1n[nH]c(C)c1C(=O)N1CCN(CCN(C)C)CC1. The number of piperazine rings is 1. The molecule has 6 nitrogen and oxygen atoms in total. The van der Waals surface area contributed by atoms with Crippen molar-refractivity contribution < 1.29 is 4.79 Å². The summed E-state index contributed by atoms with van der Waals surface area (Å²) in [5, 5.41) is 6.99. The second-order valence-electron chi connectivity index (χ2n) is 5.75. The number of nitrogens with zero attached hydrogens (tertiary/aromatic N) is 4. The van der Waals surface area contributed by atoms with Crippen LogP contribution in [0.3, 0.4) is 0 Å². The zero-order valence-electron chi connectivity index (χ0n) is 12.9. The highest BCUT2D eigenvalue weighted by atomic mass is 16.2. The van der Waals surface area contributed by atoms with Gasteiger partial charge in [-0.05, 0) is 27.9 Å². The van der Waals surface area contributed by atoms with Gasteiger partial charge < -0.3 is 9.80 Å². The van der Waals surface area contributed by atoms with Crippen LogP contribution in [0.25, 0.3) is 0 Å². The van der Waals surface area contributed by atoms with Gasteiger partial charge in [-0.2, -0.15) is 5.10 Å². The Bertz CT molecular complexity index is 441. The van der Waals surface area contributed by atoms with E-state index in [0.29, 0.717) is 0 Å². The van der Waals surface area contributed by atoms with Crippen LogP contribution in [0.1, 0.15) is 21.7 Å². The van der Waals surface area contributed by atoms with Crippen LogP contribution in [0.5, 0.6) is 0 Å². The highest BCUT2D eigenvalue weighted by molar-refractivity contribution is 5.96. The number of amides is 1. The predicted molar refractivity (Wildman–Crippen MR) is 79.0 cm³/mol. The van der Waals surface area contributed by atoms with E-state index in [9.17, 15) is 4.79 Å². The molecule has 0 radical (unpaired) electrons. The van der Waals surface area contributed by atoms with Gasteiger partial charge in [-0.25, -0.2) is 0 Å². The van der Waals surface area contributed by atoms with Crippen molar-refractivity contribution in [2.24, 2.45) is 0 Å². The number of hydrogen-bond acceptors (Lipinski definition) is 4. The van der Waals surface area contributed by atoms with Crippen molar-refractivity contribution in [2.45, 2.75) is 13.8 Å². The average Bonchev–Trinajstić information content (AvgIpc) is 2.76. The van der Waals surface area contributed by atoms with E-state index in [0.717, 1.165) is 56.2 Å². The van der Waals surface area contributed by atoms with E-state index in [1.807, 2.05) is 18.7 Å². The number of nitrogens with one attached hydrogen (secondary N) is 1. The third-order valence-corrected chi connectivity index (χ3v) is 3.86. The molecule has 20 heavy (non-hydrogen) atoms. The van der Waals surface area contributed by atoms with Crippen molar-refractivity contribution in [3.8, 4) is 0 Å². The first kappa shape index (κ1) is 15.0. The number of aromatic amines is 1. The van der Waals surface area contributed by atoms with Gasteiger partial charge in [0.25, 0.3) is 5.91 Å². The molecule has 1 aliphatic rings. The Labute approximate surface area is 120 Å². The molecule has 1 aromatic rings. The average molecular weight is 279 g/mol. The topological polar surface area (TPSA) is 55.5 Å². The predicted octanol–water partition coefficient (Wildman–Crippen LogP) is 0.346. The second-order valence-corrected chi connectivity index (χ2v) is 5.75. The van der Waals surface area contributed by atoms with E-state index >= 15 is 0 Å². The van der Waals surface area contributed by atoms with Crippen LogP contribution in [-0.2, 0) is 0 Å². The summed E-state index contributed by atoms with van der Waals surface area (Å²) in [6, 6.07) is 0. The molecular formula is C14H25N5O. The molecule has 0 aromatic carbocycles. The summed E-state index contributed by atoms with van der Waals surface area (Å²) >= 11 is 0. The van der Waals surface area contributed by atoms with E-state index in [2.05, 4.69) is 34.1 Å². The van der Waals surface area contributed by atoms with Crippen molar-refractivity contribution in [1.82, 2.24) is 24.9 Å². The molecule has 1 amide bonds. The minimum atomic E-state index is 0.112. The maximum absolute atomic E-state index is 12.5. The Kier molecular flexibility index (Phi) is 4.77. The van der Waals surface area contributed by atoms with Crippen molar-refractivity contribution in [3.63, 3.8) is 0 Å². The van der Waals surface area contributed by atoms with Crippen molar-refractivity contribution in [3.05, 3.63) is 17.0 Å². The summed E-state index contributed by atoms with van der Waals surface area (Å²) in [5.74, 6) is 0.112. The number of carbonyl (C=O) groups is 1. The Morgan fingerprint density at radius 2 is 1.90 bits per heavy atom. The summed E-state index contributed by atoms with van der Waals surface area (Å²) < 4.78 is 0. The molecule has 1 fully saturated rings. The monoisotopic (exact) mass is 279 g/mol. The quantitative estimate of drug-likeness (QED) is 0.864. The molecule has 1 aliphatic heterocycles. The van der Waals surface area contributed by atoms with Crippen LogP contribution in [0.15, 0.2) is 0 Å². The van der Waals surface area contributed by atoms with Crippen molar-refractivity contribution in [1.29, 1.82) is 0 Å². The molecule has 0 atom stereocenters. The van der Waals surface area contributed by atoms with E-state index < -0.39 is 0 Å². The number of likely N-dealkylation sites (N-methyl/N-ethyl adjacent to an activating group) is 1. The molecule has 0 saturated carbocycles. The van der Waals surface area contributed by atoms with E-state index in [4.69, 9.17) is 0 Å². The van der Waals surface area contributed by atoms with Gasteiger partial charge in [0.2, 0.25) is 0 Å². The van der Waals surface area contributed by atoms with E-state index in [1.165, 1.54) is 0 Å². The summed E-state index contributed by atoms with van der Waals surface area (Å²) in [6.45, 7) is 9.43. The Morgan fingerprint density at radius 1 is 1.25 bits per heavy atom. The molecule has 112 valence electrons. The number of hydrogen-bond donors (Lipinski definition) is 1. The first-order valence-electron chi connectivity index (χ1n) is 7.17. The van der Waals surface area contributed by atoms with Gasteiger partial charge in [-0.3, -0.25) is 14.8 Å². The van der Waals surface area contributed by atoms with Gasteiger partial charge in [-0.1, -0.05) is 0 Å². The maximum Gasteiger partial charge on any atom is 0.257 e. The third-order valence-electron chi connectivity index (χ3n) is 3.86. The number of rotatable bonds is 4. The zero-order valence-corrected chi connectivity index (χ0v) is 12.9. The number of aryl methyl sites for hydroxylation is 2. The smallest absolute Gasteiger partial charge is 0.257 e. The Morgan fingerprint density at radius 3 is 2.40 bits per heavy atom. The summed E-state index contributed by atoms with van der Waals surface area (Å²) in [7, 11) is 4.18. The Hall–Kier alpha value is -1.40. The maximum atomic E-state index is 12.5. The second kappa shape index (κ2) is 6.37. The van der Waals surface area contributed by atoms with Crippen LogP contribution < -0.4 is 0 Å². The summed E-state index contributed by atoms with van der Waals surface area (Å²) in [6.07, 6.45) is 0. The molecule has 0 bridgehead atoms. The fourth-order valence-electron chi connectivity index (χ4n) is 2.54. The van der Waals surface area contributed by atoms with Gasteiger partial charge in [0.05, 0.1) is 11.3 Å². The fourth-order valence-corrected chi connectivity index (χ4v) is 2.54. The van der Waals surface area contributed by atoms with Gasteiger partial charge >= 0.3 is 0 Å². The van der Waals surface area contributed by atoms with Gasteiger partial charge in [0.15, 0.2) is 0 Å². The molecule has 1 aromatic heterocycles. The standard InChI is InChI=1S/C14H25N5O/c1-11-13(12(2)16-15-11)14(20)19-9-7-18(8-10-19)6-5-17(3)4/h5-10H2,1-4H3,(H,15,16). The molecule has 1 saturated heterocycles. The summed E-state index contributed by atoms with van der Waals surface area (Å²) in [5.41, 5.74) is 2.40. The van der Waals surface area contributed by atoms with E-state index in [-0.39, 0.29) is 5.91 Å². The highest BCUT2D eigenvalue weighted by Gasteiger charge is 2.25. The minimum absolute atomic E-state index is 0.112. The molecule has 2 heterocycles. The molecule has 0 unspecified atom stereocenters. The van der Waals surface area contributed by atoms with Gasteiger partial charge in [0, 0.05) is 45.0 Å². The molecule has 0 aliphatic carbocycles. The molecule has 1 N–H and O–H groups in total. The Balaban J connectivity index is 1.89. The molecular weight excluding hydrogens is 254 g/mol. The van der Waals surface area contributed by atoms with Crippen molar-refractivity contribution >= 4 is 5.91 Å². The molecule has 0 spiro atoms. The van der Waals surface area contributed by atoms with Crippen LogP contribution in [-0.4, -0.2) is 84.2 Å². The lowest BCUT2D eigenvalue weighted by Crippen LogP contribution is -2.50. The van der Waals surface area contributed by atoms with Crippen molar-refractivity contribution in [2.75, 3.05) is 53.4 Å². The summed E-state index contributed by atoms with van der Waals surface area (Å²) in [4.78, 5) is 19.1. The first-order chi connectivity index (χ1) is 9.49. The van der Waals surface area contributed by atoms with Crippen LogP contribution in [0, 0.1) is 13.8 Å². The van der Waals surface area contributed by atoms with Crippen LogP contribution >= 0.6 is 0 Å². The lowest BCUT2D eigenvalue weighted by atomic mass is 10.1. The molecule has 2 rings (SSSR count). The zero-order chi connectivity index (χ0) is 14.7. The fraction of sp³-hybridized carbons (Fsp3) is 0.714. The lowest BCUT2D eigenvalue weighted by molar-refractivity contribution is 0.0628. The van der Waals surface area contributed by atoms with Gasteiger partial charge in [0.1, 0.15) is 0 Å². The minimum Gasteiger partial charge on any atom is -0.336 e. The number of aromatic nitrogens is 2. The first-order valence-corrected chi connectivity index (χ1v) is 7.17. The van der Waals surface area contributed by atoms with E-state index in [1.54, 1.807) is 0 Å². The van der Waals surface area contributed by atoms with Crippen LogP contribution in [0.4, 0.5) is 0 Å². The normalized spacial score (nSPS) is 16.9. The third kappa shape index (κ3) is 3.37. The highest BCUT2D eigenvalue weighted by Crippen LogP contribution is 2.14. The van der Waals surface area contributed by atoms with Gasteiger partial charge in [-0.15, -0.1) is 0 Å². The molecule has 6 heteroatoms. The number of carbonyl (C=O) groups excluding carboxylic acids is 1. The largest absolute Gasteiger partial charge is 0.336 e. The van der Waals surface area contributed by atoms with Crippen LogP contribution in [0.2, 0.25) is 0 Å². The number of H-pyrrole nitrogens is 1.